The molecule has 2 N–H and O–H groups in total. The first-order valence-electron chi connectivity index (χ1n) is 5.64. The second kappa shape index (κ2) is 5.01. The zero-order valence-electron chi connectivity index (χ0n) is 9.99. The van der Waals surface area contributed by atoms with Crippen LogP contribution >= 0.6 is 0 Å². The molecule has 1 aromatic carbocycles. The molecular weight excluding hydrogens is 216 g/mol. The summed E-state index contributed by atoms with van der Waals surface area (Å²) in [6, 6.07) is 9.57. The molecule has 90 valence electrons. The molecular formula is C13H16N2O2. The normalized spacial score (nSPS) is 12.6. The molecule has 17 heavy (non-hydrogen) atoms. The van der Waals surface area contributed by atoms with Crippen LogP contribution in [0.1, 0.15) is 17.5 Å². The van der Waals surface area contributed by atoms with Crippen LogP contribution < -0.4 is 10.6 Å². The van der Waals surface area contributed by atoms with E-state index in [1.54, 1.807) is 6.07 Å². The van der Waals surface area contributed by atoms with Crippen LogP contribution in [0.4, 0.5) is 0 Å². The van der Waals surface area contributed by atoms with Crippen molar-refractivity contribution in [3.63, 3.8) is 0 Å². The predicted molar refractivity (Wildman–Crippen MR) is 67.1 cm³/mol. The van der Waals surface area contributed by atoms with E-state index in [2.05, 4.69) is 10.6 Å². The highest BCUT2D eigenvalue weighted by atomic mass is 16.3. The van der Waals surface area contributed by atoms with E-state index in [4.69, 9.17) is 4.42 Å². The van der Waals surface area contributed by atoms with Gasteiger partial charge in [0.25, 0.3) is 5.91 Å². The van der Waals surface area contributed by atoms with Gasteiger partial charge in [0.1, 0.15) is 5.58 Å². The highest BCUT2D eigenvalue weighted by Gasteiger charge is 2.12. The third kappa shape index (κ3) is 2.65. The molecule has 0 radical (unpaired) electrons. The van der Waals surface area contributed by atoms with Crippen molar-refractivity contribution in [2.24, 2.45) is 0 Å². The number of likely N-dealkylation sites (N-methyl/N-ethyl adjacent to an activating group) is 1. The molecule has 0 saturated carbocycles. The molecule has 0 spiro atoms. The van der Waals surface area contributed by atoms with Crippen molar-refractivity contribution >= 4 is 16.9 Å². The molecule has 4 nitrogen and oxygen atoms in total. The fourth-order valence-electron chi connectivity index (χ4n) is 1.53. The van der Waals surface area contributed by atoms with Gasteiger partial charge in [-0.1, -0.05) is 18.2 Å². The second-order valence-corrected chi connectivity index (χ2v) is 4.05. The van der Waals surface area contributed by atoms with Crippen LogP contribution in [-0.2, 0) is 0 Å². The molecule has 0 fully saturated rings. The fourth-order valence-corrected chi connectivity index (χ4v) is 1.53. The van der Waals surface area contributed by atoms with Crippen molar-refractivity contribution in [1.29, 1.82) is 0 Å². The van der Waals surface area contributed by atoms with Gasteiger partial charge in [0.05, 0.1) is 0 Å². The van der Waals surface area contributed by atoms with Gasteiger partial charge in [-0.25, -0.2) is 0 Å². The summed E-state index contributed by atoms with van der Waals surface area (Å²) in [7, 11) is 1.86. The van der Waals surface area contributed by atoms with Crippen LogP contribution in [0, 0.1) is 0 Å². The zero-order valence-corrected chi connectivity index (χ0v) is 9.99. The van der Waals surface area contributed by atoms with E-state index in [1.165, 1.54) is 0 Å². The van der Waals surface area contributed by atoms with Crippen LogP contribution in [0.2, 0.25) is 0 Å². The molecule has 4 heteroatoms. The van der Waals surface area contributed by atoms with Gasteiger partial charge in [-0.3, -0.25) is 4.79 Å². The Morgan fingerprint density at radius 3 is 2.88 bits per heavy atom. The first kappa shape index (κ1) is 11.7. The Balaban J connectivity index is 2.08. The number of para-hydroxylation sites is 1. The summed E-state index contributed by atoms with van der Waals surface area (Å²) in [6.07, 6.45) is 0. The number of carbonyl (C=O) groups is 1. The first-order chi connectivity index (χ1) is 8.20. The molecule has 0 bridgehead atoms. The monoisotopic (exact) mass is 232 g/mol. The molecule has 1 aromatic heterocycles. The van der Waals surface area contributed by atoms with Crippen LogP contribution in [-0.4, -0.2) is 25.5 Å². The SMILES string of the molecule is CNC(C)CNC(=O)c1cc2ccccc2o1. The van der Waals surface area contributed by atoms with Crippen molar-refractivity contribution < 1.29 is 9.21 Å². The number of hydrogen-bond acceptors (Lipinski definition) is 3. The topological polar surface area (TPSA) is 54.3 Å². The first-order valence-corrected chi connectivity index (χ1v) is 5.64. The van der Waals surface area contributed by atoms with Crippen LogP contribution in [0.3, 0.4) is 0 Å². The maximum absolute atomic E-state index is 11.8. The van der Waals surface area contributed by atoms with Gasteiger partial charge in [-0.05, 0) is 26.1 Å². The molecule has 1 amide bonds. The van der Waals surface area contributed by atoms with E-state index < -0.39 is 0 Å². The number of benzene rings is 1. The lowest BCUT2D eigenvalue weighted by Gasteiger charge is -2.09. The standard InChI is InChI=1S/C13H16N2O2/c1-9(14-2)8-15-13(16)12-7-10-5-3-4-6-11(10)17-12/h3-7,9,14H,8H2,1-2H3,(H,15,16). The van der Waals surface area contributed by atoms with Gasteiger partial charge in [0, 0.05) is 18.0 Å². The summed E-state index contributed by atoms with van der Waals surface area (Å²) < 4.78 is 5.46. The lowest BCUT2D eigenvalue weighted by atomic mass is 10.2. The largest absolute Gasteiger partial charge is 0.451 e. The molecule has 1 atom stereocenters. The quantitative estimate of drug-likeness (QED) is 0.844. The maximum atomic E-state index is 11.8. The summed E-state index contributed by atoms with van der Waals surface area (Å²) in [5.41, 5.74) is 0.735. The van der Waals surface area contributed by atoms with Gasteiger partial charge in [-0.2, -0.15) is 0 Å². The summed E-state index contributed by atoms with van der Waals surface area (Å²) in [4.78, 5) is 11.8. The molecule has 1 heterocycles. The Morgan fingerprint density at radius 1 is 1.41 bits per heavy atom. The molecule has 0 aliphatic rings. The molecule has 0 aliphatic carbocycles. The number of amides is 1. The number of carbonyl (C=O) groups excluding carboxylic acids is 1. The molecule has 2 aromatic rings. The van der Waals surface area contributed by atoms with Crippen molar-refractivity contribution in [1.82, 2.24) is 10.6 Å². The minimum absolute atomic E-state index is 0.178. The Hall–Kier alpha value is -1.81. The van der Waals surface area contributed by atoms with Gasteiger partial charge in [0.15, 0.2) is 5.76 Å². The molecule has 1 unspecified atom stereocenters. The average molecular weight is 232 g/mol. The lowest BCUT2D eigenvalue weighted by molar-refractivity contribution is 0.0925. The van der Waals surface area contributed by atoms with E-state index >= 15 is 0 Å². The second-order valence-electron chi connectivity index (χ2n) is 4.05. The summed E-state index contributed by atoms with van der Waals surface area (Å²) in [6.45, 7) is 2.57. The minimum atomic E-state index is -0.178. The Labute approximate surface area is 100.0 Å². The van der Waals surface area contributed by atoms with Crippen LogP contribution in [0.25, 0.3) is 11.0 Å². The Morgan fingerprint density at radius 2 is 2.18 bits per heavy atom. The Kier molecular flexibility index (Phi) is 3.44. The van der Waals surface area contributed by atoms with Crippen LogP contribution in [0.15, 0.2) is 34.7 Å². The van der Waals surface area contributed by atoms with Gasteiger partial charge in [-0.15, -0.1) is 0 Å². The third-order valence-electron chi connectivity index (χ3n) is 2.71. The van der Waals surface area contributed by atoms with E-state index in [0.717, 1.165) is 11.0 Å². The summed E-state index contributed by atoms with van der Waals surface area (Å²) in [5, 5.41) is 6.81. The summed E-state index contributed by atoms with van der Waals surface area (Å²) in [5.74, 6) is 0.179. The highest BCUT2D eigenvalue weighted by Crippen LogP contribution is 2.18. The smallest absolute Gasteiger partial charge is 0.287 e. The average Bonchev–Trinajstić information content (AvgIpc) is 2.79. The van der Waals surface area contributed by atoms with E-state index in [1.807, 2.05) is 38.2 Å². The summed E-state index contributed by atoms with van der Waals surface area (Å²) >= 11 is 0. The van der Waals surface area contributed by atoms with Crippen molar-refractivity contribution in [3.8, 4) is 0 Å². The van der Waals surface area contributed by atoms with Crippen molar-refractivity contribution in [2.75, 3.05) is 13.6 Å². The lowest BCUT2D eigenvalue weighted by Crippen LogP contribution is -2.36. The Bertz CT molecular complexity index is 486. The maximum Gasteiger partial charge on any atom is 0.287 e. The number of nitrogens with one attached hydrogen (secondary N) is 2. The van der Waals surface area contributed by atoms with E-state index in [0.29, 0.717) is 12.3 Å². The van der Waals surface area contributed by atoms with Crippen LogP contribution in [0.5, 0.6) is 0 Å². The van der Waals surface area contributed by atoms with E-state index in [9.17, 15) is 4.79 Å². The van der Waals surface area contributed by atoms with Crippen molar-refractivity contribution in [2.45, 2.75) is 13.0 Å². The molecule has 2 rings (SSSR count). The van der Waals surface area contributed by atoms with Crippen molar-refractivity contribution in [3.05, 3.63) is 36.1 Å². The highest BCUT2D eigenvalue weighted by molar-refractivity contribution is 5.96. The number of furan rings is 1. The number of hydrogen-bond donors (Lipinski definition) is 2. The van der Waals surface area contributed by atoms with E-state index in [-0.39, 0.29) is 11.9 Å². The number of fused-ring (bicyclic) bond motifs is 1. The van der Waals surface area contributed by atoms with Gasteiger partial charge in [0.2, 0.25) is 0 Å². The fraction of sp³-hybridized carbons (Fsp3) is 0.308. The van der Waals surface area contributed by atoms with Gasteiger partial charge < -0.3 is 15.1 Å². The molecule has 0 aliphatic heterocycles. The zero-order chi connectivity index (χ0) is 12.3. The number of rotatable bonds is 4. The van der Waals surface area contributed by atoms with Gasteiger partial charge >= 0.3 is 0 Å². The minimum Gasteiger partial charge on any atom is -0.451 e. The molecule has 0 saturated heterocycles. The third-order valence-corrected chi connectivity index (χ3v) is 2.71. The predicted octanol–water partition coefficient (Wildman–Crippen LogP) is 1.77.